The van der Waals surface area contributed by atoms with E-state index < -0.39 is 0 Å². The minimum atomic E-state index is -0.0327. The summed E-state index contributed by atoms with van der Waals surface area (Å²) in [4.78, 5) is 0. The van der Waals surface area contributed by atoms with E-state index in [1.807, 2.05) is 0 Å². The van der Waals surface area contributed by atoms with Gasteiger partial charge in [-0.1, -0.05) is 62.4 Å². The smallest absolute Gasteiger partial charge is 0.0876 e. The van der Waals surface area contributed by atoms with Crippen LogP contribution in [0.1, 0.15) is 69.5 Å². The third-order valence-corrected chi connectivity index (χ3v) is 4.69. The number of rotatable bonds is 6. The van der Waals surface area contributed by atoms with E-state index in [1.54, 1.807) is 0 Å². The van der Waals surface area contributed by atoms with E-state index in [0.29, 0.717) is 6.04 Å². The van der Waals surface area contributed by atoms with Crippen LogP contribution in [0.3, 0.4) is 0 Å². The Balaban J connectivity index is 2.35. The monoisotopic (exact) mass is 289 g/mol. The number of hydrogen-bond acceptors (Lipinski definition) is 2. The maximum Gasteiger partial charge on any atom is 0.0876 e. The van der Waals surface area contributed by atoms with Crippen LogP contribution < -0.4 is 5.32 Å². The minimum Gasteiger partial charge on any atom is -0.373 e. The Bertz CT molecular complexity index is 421. The molecular weight excluding hydrogens is 258 g/mol. The Labute approximate surface area is 130 Å². The van der Waals surface area contributed by atoms with Crippen LogP contribution in [0, 0.1) is 6.92 Å². The number of aryl methyl sites for hydroxylation is 1. The Kier molecular flexibility index (Phi) is 6.25. The molecule has 0 bridgehead atoms. The number of benzene rings is 1. The van der Waals surface area contributed by atoms with Gasteiger partial charge in [0.05, 0.1) is 11.6 Å². The lowest BCUT2D eigenvalue weighted by molar-refractivity contribution is -0.0779. The average molecular weight is 289 g/mol. The van der Waals surface area contributed by atoms with E-state index >= 15 is 0 Å². The summed E-state index contributed by atoms with van der Waals surface area (Å²) in [5.41, 5.74) is 2.68. The zero-order valence-corrected chi connectivity index (χ0v) is 14.0. The van der Waals surface area contributed by atoms with Gasteiger partial charge in [-0.25, -0.2) is 0 Å². The van der Waals surface area contributed by atoms with Gasteiger partial charge in [-0.15, -0.1) is 0 Å². The number of nitrogens with one attached hydrogen (secondary N) is 1. The van der Waals surface area contributed by atoms with Gasteiger partial charge in [0.2, 0.25) is 0 Å². The van der Waals surface area contributed by atoms with Crippen LogP contribution >= 0.6 is 0 Å². The Morgan fingerprint density at radius 1 is 1.14 bits per heavy atom. The van der Waals surface area contributed by atoms with Crippen molar-refractivity contribution >= 4 is 0 Å². The second kappa shape index (κ2) is 7.95. The van der Waals surface area contributed by atoms with Crippen LogP contribution in [0.5, 0.6) is 0 Å². The molecule has 1 fully saturated rings. The van der Waals surface area contributed by atoms with Crippen molar-refractivity contribution in [1.82, 2.24) is 5.32 Å². The van der Waals surface area contributed by atoms with E-state index in [1.165, 1.54) is 49.7 Å². The van der Waals surface area contributed by atoms with Crippen LogP contribution in [-0.2, 0) is 4.74 Å². The Hall–Kier alpha value is -0.860. The highest BCUT2D eigenvalue weighted by Crippen LogP contribution is 2.40. The molecule has 0 saturated heterocycles. The molecule has 0 heterocycles. The summed E-state index contributed by atoms with van der Waals surface area (Å²) in [6.45, 7) is 8.28. The molecule has 1 aromatic carbocycles. The van der Waals surface area contributed by atoms with Crippen LogP contribution in [0.4, 0.5) is 0 Å². The fourth-order valence-corrected chi connectivity index (χ4v) is 3.79. The molecule has 1 aliphatic carbocycles. The van der Waals surface area contributed by atoms with Crippen molar-refractivity contribution in [3.63, 3.8) is 0 Å². The molecule has 2 heteroatoms. The molecule has 0 spiro atoms. The average Bonchev–Trinajstić information content (AvgIpc) is 2.71. The molecule has 2 rings (SSSR count). The molecule has 1 aromatic rings. The highest BCUT2D eigenvalue weighted by Gasteiger charge is 2.40. The summed E-state index contributed by atoms with van der Waals surface area (Å²) in [5, 5.41) is 3.72. The van der Waals surface area contributed by atoms with Crippen LogP contribution in [0.15, 0.2) is 24.3 Å². The van der Waals surface area contributed by atoms with E-state index in [0.717, 1.165) is 13.2 Å². The predicted octanol–water partition coefficient (Wildman–Crippen LogP) is 4.78. The lowest BCUT2D eigenvalue weighted by Crippen LogP contribution is -2.46. The molecule has 1 saturated carbocycles. The van der Waals surface area contributed by atoms with Crippen molar-refractivity contribution < 1.29 is 4.74 Å². The van der Waals surface area contributed by atoms with Gasteiger partial charge in [0.1, 0.15) is 0 Å². The lowest BCUT2D eigenvalue weighted by atomic mass is 9.81. The van der Waals surface area contributed by atoms with E-state index in [9.17, 15) is 0 Å². The summed E-state index contributed by atoms with van der Waals surface area (Å²) in [6.07, 6.45) is 7.61. The Morgan fingerprint density at radius 3 is 2.43 bits per heavy atom. The standard InChI is InChI=1S/C19H31NO/c1-4-20-18(17-12-10-11-16(3)15-17)19(21-5-2)13-8-6-7-9-14-19/h10-12,15,18,20H,4-9,13-14H2,1-3H3. The van der Waals surface area contributed by atoms with E-state index in [4.69, 9.17) is 4.74 Å². The second-order valence-electron chi connectivity index (χ2n) is 6.32. The maximum absolute atomic E-state index is 6.40. The first kappa shape index (κ1) is 16.5. The van der Waals surface area contributed by atoms with E-state index in [2.05, 4.69) is 50.4 Å². The molecule has 1 aliphatic rings. The third-order valence-electron chi connectivity index (χ3n) is 4.69. The van der Waals surface area contributed by atoms with Gasteiger partial charge in [-0.05, 0) is 38.8 Å². The molecule has 21 heavy (non-hydrogen) atoms. The molecule has 1 N–H and O–H groups in total. The quantitative estimate of drug-likeness (QED) is 0.761. The van der Waals surface area contributed by atoms with Gasteiger partial charge >= 0.3 is 0 Å². The van der Waals surface area contributed by atoms with Crippen molar-refractivity contribution in [3.05, 3.63) is 35.4 Å². The molecule has 0 amide bonds. The predicted molar refractivity (Wildman–Crippen MR) is 89.7 cm³/mol. The topological polar surface area (TPSA) is 21.3 Å². The summed E-state index contributed by atoms with van der Waals surface area (Å²) < 4.78 is 6.40. The number of likely N-dealkylation sites (N-methyl/N-ethyl adjacent to an activating group) is 1. The molecule has 1 atom stereocenters. The molecular formula is C19H31NO. The summed E-state index contributed by atoms with van der Waals surface area (Å²) in [5.74, 6) is 0. The molecule has 2 nitrogen and oxygen atoms in total. The van der Waals surface area contributed by atoms with Crippen molar-refractivity contribution in [2.75, 3.05) is 13.2 Å². The normalized spacial score (nSPS) is 20.0. The fourth-order valence-electron chi connectivity index (χ4n) is 3.79. The summed E-state index contributed by atoms with van der Waals surface area (Å²) >= 11 is 0. The van der Waals surface area contributed by atoms with Gasteiger partial charge in [0.15, 0.2) is 0 Å². The highest BCUT2D eigenvalue weighted by atomic mass is 16.5. The van der Waals surface area contributed by atoms with Crippen molar-refractivity contribution in [3.8, 4) is 0 Å². The highest BCUT2D eigenvalue weighted by molar-refractivity contribution is 5.27. The largest absolute Gasteiger partial charge is 0.373 e. The molecule has 0 aliphatic heterocycles. The molecule has 0 radical (unpaired) electrons. The van der Waals surface area contributed by atoms with Gasteiger partial charge < -0.3 is 10.1 Å². The second-order valence-corrected chi connectivity index (χ2v) is 6.32. The van der Waals surface area contributed by atoms with Gasteiger partial charge in [-0.3, -0.25) is 0 Å². The first-order valence-corrected chi connectivity index (χ1v) is 8.66. The SMILES string of the molecule is CCNC(c1cccc(C)c1)C1(OCC)CCCCCC1. The fraction of sp³-hybridized carbons (Fsp3) is 0.684. The lowest BCUT2D eigenvalue weighted by Gasteiger charge is -2.41. The van der Waals surface area contributed by atoms with Crippen LogP contribution in [0.25, 0.3) is 0 Å². The zero-order valence-electron chi connectivity index (χ0n) is 14.0. The van der Waals surface area contributed by atoms with Crippen LogP contribution in [-0.4, -0.2) is 18.8 Å². The molecule has 118 valence electrons. The zero-order chi connectivity index (χ0) is 15.1. The van der Waals surface area contributed by atoms with E-state index in [-0.39, 0.29) is 5.60 Å². The number of ether oxygens (including phenoxy) is 1. The van der Waals surface area contributed by atoms with Crippen molar-refractivity contribution in [1.29, 1.82) is 0 Å². The first-order valence-electron chi connectivity index (χ1n) is 8.66. The Morgan fingerprint density at radius 2 is 1.86 bits per heavy atom. The van der Waals surface area contributed by atoms with Crippen molar-refractivity contribution in [2.24, 2.45) is 0 Å². The van der Waals surface area contributed by atoms with Crippen LogP contribution in [0.2, 0.25) is 0 Å². The maximum atomic E-state index is 6.40. The summed E-state index contributed by atoms with van der Waals surface area (Å²) in [6, 6.07) is 9.23. The molecule has 0 aromatic heterocycles. The first-order chi connectivity index (χ1) is 10.2. The van der Waals surface area contributed by atoms with Gasteiger partial charge in [0.25, 0.3) is 0 Å². The van der Waals surface area contributed by atoms with Gasteiger partial charge in [-0.2, -0.15) is 0 Å². The molecule has 1 unspecified atom stereocenters. The number of hydrogen-bond donors (Lipinski definition) is 1. The third kappa shape index (κ3) is 4.08. The van der Waals surface area contributed by atoms with Gasteiger partial charge in [0, 0.05) is 6.61 Å². The van der Waals surface area contributed by atoms with Crippen molar-refractivity contribution in [2.45, 2.75) is 70.9 Å². The summed E-state index contributed by atoms with van der Waals surface area (Å²) in [7, 11) is 0. The minimum absolute atomic E-state index is 0.0327.